The van der Waals surface area contributed by atoms with Gasteiger partial charge in [0, 0.05) is 12.5 Å². The highest BCUT2D eigenvalue weighted by Gasteiger charge is 2.36. The summed E-state index contributed by atoms with van der Waals surface area (Å²) in [6.07, 6.45) is 1.25. The zero-order chi connectivity index (χ0) is 14.1. The molecule has 1 N–H and O–H groups in total. The molecule has 106 valence electrons. The van der Waals surface area contributed by atoms with E-state index in [-0.39, 0.29) is 5.82 Å². The van der Waals surface area contributed by atoms with E-state index in [4.69, 9.17) is 4.42 Å². The van der Waals surface area contributed by atoms with Gasteiger partial charge in [-0.25, -0.2) is 4.39 Å². The highest BCUT2D eigenvalue weighted by molar-refractivity contribution is 5.24. The van der Waals surface area contributed by atoms with Crippen molar-refractivity contribution in [3.05, 3.63) is 58.8 Å². The molecule has 1 aromatic carbocycles. The molecule has 1 heterocycles. The average Bonchev–Trinajstić information content (AvgIpc) is 2.97. The Morgan fingerprint density at radius 2 is 2.05 bits per heavy atom. The summed E-state index contributed by atoms with van der Waals surface area (Å²) in [5.41, 5.74) is 1.78. The number of aryl methyl sites for hydroxylation is 1. The average molecular weight is 273 g/mol. The standard InChI is InChI=1S/C17H20FNO/c1-11-8-15(11)17-6-4-14(20-17)10-19-9-13-3-5-16(18)12(2)7-13/h3-7,11,15,19H,8-10H2,1-2H3. The number of hydrogen-bond acceptors (Lipinski definition) is 2. The van der Waals surface area contributed by atoms with Gasteiger partial charge in [-0.1, -0.05) is 19.1 Å². The topological polar surface area (TPSA) is 25.2 Å². The van der Waals surface area contributed by atoms with Crippen LogP contribution in [0.2, 0.25) is 0 Å². The molecular weight excluding hydrogens is 253 g/mol. The summed E-state index contributed by atoms with van der Waals surface area (Å²) in [4.78, 5) is 0. The van der Waals surface area contributed by atoms with Gasteiger partial charge >= 0.3 is 0 Å². The first-order valence-corrected chi connectivity index (χ1v) is 7.18. The maximum absolute atomic E-state index is 13.2. The fourth-order valence-electron chi connectivity index (χ4n) is 2.55. The molecule has 2 unspecified atom stereocenters. The van der Waals surface area contributed by atoms with Crippen molar-refractivity contribution < 1.29 is 8.81 Å². The monoisotopic (exact) mass is 273 g/mol. The molecule has 2 aromatic rings. The Balaban J connectivity index is 1.52. The lowest BCUT2D eigenvalue weighted by molar-refractivity contribution is 0.444. The number of benzene rings is 1. The van der Waals surface area contributed by atoms with Crippen molar-refractivity contribution in [2.45, 2.75) is 39.3 Å². The van der Waals surface area contributed by atoms with Crippen LogP contribution in [0.15, 0.2) is 34.7 Å². The maximum atomic E-state index is 13.2. The summed E-state index contributed by atoms with van der Waals surface area (Å²) in [6.45, 7) is 5.46. The van der Waals surface area contributed by atoms with Crippen LogP contribution in [0.5, 0.6) is 0 Å². The second-order valence-corrected chi connectivity index (χ2v) is 5.81. The molecule has 1 aromatic heterocycles. The second-order valence-electron chi connectivity index (χ2n) is 5.81. The molecule has 1 saturated carbocycles. The number of halogens is 1. The van der Waals surface area contributed by atoms with Crippen LogP contribution in [-0.4, -0.2) is 0 Å². The number of nitrogens with one attached hydrogen (secondary N) is 1. The van der Waals surface area contributed by atoms with Gasteiger partial charge in [0.15, 0.2) is 0 Å². The van der Waals surface area contributed by atoms with E-state index >= 15 is 0 Å². The van der Waals surface area contributed by atoms with Crippen molar-refractivity contribution in [2.24, 2.45) is 5.92 Å². The van der Waals surface area contributed by atoms with Gasteiger partial charge in [-0.2, -0.15) is 0 Å². The van der Waals surface area contributed by atoms with Crippen molar-refractivity contribution in [1.29, 1.82) is 0 Å². The molecule has 0 aliphatic heterocycles. The summed E-state index contributed by atoms with van der Waals surface area (Å²) in [6, 6.07) is 9.35. The van der Waals surface area contributed by atoms with E-state index < -0.39 is 0 Å². The van der Waals surface area contributed by atoms with Crippen molar-refractivity contribution in [1.82, 2.24) is 5.32 Å². The Morgan fingerprint density at radius 1 is 1.25 bits per heavy atom. The predicted molar refractivity (Wildman–Crippen MR) is 76.9 cm³/mol. The summed E-state index contributed by atoms with van der Waals surface area (Å²) < 4.78 is 19.0. The molecular formula is C17H20FNO. The Kier molecular flexibility index (Phi) is 3.62. The van der Waals surface area contributed by atoms with Gasteiger partial charge in [0.25, 0.3) is 0 Å². The predicted octanol–water partition coefficient (Wildman–Crippen LogP) is 4.14. The molecule has 0 saturated heterocycles. The van der Waals surface area contributed by atoms with Crippen molar-refractivity contribution >= 4 is 0 Å². The fourth-order valence-corrected chi connectivity index (χ4v) is 2.55. The van der Waals surface area contributed by atoms with E-state index in [0.29, 0.717) is 18.0 Å². The van der Waals surface area contributed by atoms with Crippen LogP contribution in [0.4, 0.5) is 4.39 Å². The third-order valence-electron chi connectivity index (χ3n) is 4.01. The molecule has 3 heteroatoms. The van der Waals surface area contributed by atoms with Crippen molar-refractivity contribution in [2.75, 3.05) is 0 Å². The van der Waals surface area contributed by atoms with Gasteiger partial charge in [0.1, 0.15) is 17.3 Å². The first-order valence-electron chi connectivity index (χ1n) is 7.18. The van der Waals surface area contributed by atoms with Gasteiger partial charge in [0.05, 0.1) is 6.54 Å². The fraction of sp³-hybridized carbons (Fsp3) is 0.412. The van der Waals surface area contributed by atoms with E-state index in [1.807, 2.05) is 18.2 Å². The summed E-state index contributed by atoms with van der Waals surface area (Å²) in [5, 5.41) is 3.33. The second kappa shape index (κ2) is 5.41. The van der Waals surface area contributed by atoms with Crippen LogP contribution in [0.3, 0.4) is 0 Å². The number of hydrogen-bond donors (Lipinski definition) is 1. The van der Waals surface area contributed by atoms with Crippen LogP contribution >= 0.6 is 0 Å². The first-order chi connectivity index (χ1) is 9.63. The van der Waals surface area contributed by atoms with E-state index in [0.717, 1.165) is 29.5 Å². The summed E-state index contributed by atoms with van der Waals surface area (Å²) in [7, 11) is 0. The smallest absolute Gasteiger partial charge is 0.126 e. The molecule has 3 rings (SSSR count). The third kappa shape index (κ3) is 2.93. The summed E-state index contributed by atoms with van der Waals surface area (Å²) >= 11 is 0. The highest BCUT2D eigenvalue weighted by Crippen LogP contribution is 2.47. The van der Waals surface area contributed by atoms with Crippen LogP contribution in [0.25, 0.3) is 0 Å². The van der Waals surface area contributed by atoms with Gasteiger partial charge in [-0.3, -0.25) is 0 Å². The summed E-state index contributed by atoms with van der Waals surface area (Å²) in [5.74, 6) is 3.33. The molecule has 1 aliphatic carbocycles. The SMILES string of the molecule is Cc1cc(CNCc2ccc(C3CC3C)o2)ccc1F. The normalized spacial score (nSPS) is 21.1. The van der Waals surface area contributed by atoms with Gasteiger partial charge < -0.3 is 9.73 Å². The number of furan rings is 1. The molecule has 1 aliphatic rings. The Hall–Kier alpha value is -1.61. The minimum absolute atomic E-state index is 0.150. The largest absolute Gasteiger partial charge is 0.464 e. The van der Waals surface area contributed by atoms with Gasteiger partial charge in [-0.15, -0.1) is 0 Å². The molecule has 2 atom stereocenters. The zero-order valence-corrected chi connectivity index (χ0v) is 11.9. The molecule has 0 bridgehead atoms. The molecule has 0 amide bonds. The van der Waals surface area contributed by atoms with Gasteiger partial charge in [0.2, 0.25) is 0 Å². The number of rotatable bonds is 5. The van der Waals surface area contributed by atoms with Crippen molar-refractivity contribution in [3.8, 4) is 0 Å². The molecule has 20 heavy (non-hydrogen) atoms. The lowest BCUT2D eigenvalue weighted by Crippen LogP contribution is -2.12. The van der Waals surface area contributed by atoms with E-state index in [1.54, 1.807) is 6.92 Å². The quantitative estimate of drug-likeness (QED) is 0.885. The van der Waals surface area contributed by atoms with E-state index in [1.165, 1.54) is 12.5 Å². The maximum Gasteiger partial charge on any atom is 0.126 e. The van der Waals surface area contributed by atoms with Crippen LogP contribution in [0.1, 0.15) is 41.9 Å². The Morgan fingerprint density at radius 3 is 2.75 bits per heavy atom. The van der Waals surface area contributed by atoms with E-state index in [2.05, 4.69) is 18.3 Å². The lowest BCUT2D eigenvalue weighted by Gasteiger charge is -2.05. The molecule has 2 nitrogen and oxygen atoms in total. The molecule has 0 spiro atoms. The van der Waals surface area contributed by atoms with Gasteiger partial charge in [-0.05, 0) is 48.6 Å². The van der Waals surface area contributed by atoms with Crippen LogP contribution in [0, 0.1) is 18.7 Å². The third-order valence-corrected chi connectivity index (χ3v) is 4.01. The molecule has 0 radical (unpaired) electrons. The molecule has 1 fully saturated rings. The van der Waals surface area contributed by atoms with E-state index in [9.17, 15) is 4.39 Å². The highest BCUT2D eigenvalue weighted by atomic mass is 19.1. The van der Waals surface area contributed by atoms with Crippen LogP contribution < -0.4 is 5.32 Å². The Labute approximate surface area is 119 Å². The first kappa shape index (κ1) is 13.4. The van der Waals surface area contributed by atoms with Crippen molar-refractivity contribution in [3.63, 3.8) is 0 Å². The minimum Gasteiger partial charge on any atom is -0.464 e. The lowest BCUT2D eigenvalue weighted by atomic mass is 10.1. The zero-order valence-electron chi connectivity index (χ0n) is 11.9. The Bertz CT molecular complexity index is 605. The minimum atomic E-state index is -0.150. The van der Waals surface area contributed by atoms with Crippen LogP contribution in [-0.2, 0) is 13.1 Å².